The van der Waals surface area contributed by atoms with Gasteiger partial charge >= 0.3 is 0 Å². The van der Waals surface area contributed by atoms with Gasteiger partial charge in [-0.05, 0) is 44.7 Å². The third kappa shape index (κ3) is 2.95. The van der Waals surface area contributed by atoms with Crippen molar-refractivity contribution in [1.82, 2.24) is 25.2 Å². The Kier molecular flexibility index (Phi) is 4.24. The summed E-state index contributed by atoms with van der Waals surface area (Å²) in [5.74, 6) is 0.544. The molecule has 0 saturated carbocycles. The zero-order chi connectivity index (χ0) is 14.8. The Balaban J connectivity index is 1.71. The van der Waals surface area contributed by atoms with Crippen LogP contribution in [-0.2, 0) is 0 Å². The normalized spacial score (nSPS) is 24.0. The molecule has 116 valence electrons. The minimum absolute atomic E-state index is 0.0476. The van der Waals surface area contributed by atoms with Crippen LogP contribution in [0.2, 0.25) is 0 Å². The van der Waals surface area contributed by atoms with Crippen LogP contribution < -0.4 is 5.32 Å². The van der Waals surface area contributed by atoms with E-state index in [4.69, 9.17) is 0 Å². The van der Waals surface area contributed by atoms with Crippen LogP contribution in [0.15, 0.2) is 6.20 Å². The molecule has 1 unspecified atom stereocenters. The maximum atomic E-state index is 12.7. The average molecular weight is 291 g/mol. The van der Waals surface area contributed by atoms with E-state index in [1.54, 1.807) is 0 Å². The van der Waals surface area contributed by atoms with E-state index in [9.17, 15) is 4.79 Å². The number of rotatable bonds is 3. The molecule has 2 aliphatic heterocycles. The molecule has 1 N–H and O–H groups in total. The van der Waals surface area contributed by atoms with Gasteiger partial charge in [0.15, 0.2) is 5.69 Å². The lowest BCUT2D eigenvalue weighted by atomic mass is 10.0. The van der Waals surface area contributed by atoms with Gasteiger partial charge in [0.25, 0.3) is 5.91 Å². The number of carbonyl (C=O) groups excluding carboxylic acids is 1. The lowest BCUT2D eigenvalue weighted by molar-refractivity contribution is 0.0695. The first kappa shape index (κ1) is 14.5. The summed E-state index contributed by atoms with van der Waals surface area (Å²) in [5.41, 5.74) is 0.501. The number of piperidine rings is 1. The van der Waals surface area contributed by atoms with Gasteiger partial charge in [0.2, 0.25) is 0 Å². The van der Waals surface area contributed by atoms with Gasteiger partial charge in [-0.2, -0.15) is 0 Å². The molecule has 1 aromatic heterocycles. The van der Waals surface area contributed by atoms with Crippen LogP contribution in [0, 0.1) is 5.92 Å². The number of hydrogen-bond donors (Lipinski definition) is 1. The molecule has 0 bridgehead atoms. The third-order valence-corrected chi connectivity index (χ3v) is 4.74. The van der Waals surface area contributed by atoms with Crippen LogP contribution in [0.4, 0.5) is 0 Å². The molecule has 6 heteroatoms. The van der Waals surface area contributed by atoms with Crippen molar-refractivity contribution in [2.24, 2.45) is 5.92 Å². The summed E-state index contributed by atoms with van der Waals surface area (Å²) in [5, 5.41) is 11.7. The molecule has 2 aliphatic rings. The zero-order valence-corrected chi connectivity index (χ0v) is 13.0. The lowest BCUT2D eigenvalue weighted by Crippen LogP contribution is -2.38. The van der Waals surface area contributed by atoms with Crippen LogP contribution in [0.3, 0.4) is 0 Å². The van der Waals surface area contributed by atoms with E-state index in [2.05, 4.69) is 29.5 Å². The van der Waals surface area contributed by atoms with Crippen molar-refractivity contribution in [2.45, 2.75) is 51.6 Å². The number of nitrogens with one attached hydrogen (secondary N) is 1. The Morgan fingerprint density at radius 2 is 2.10 bits per heavy atom. The number of likely N-dealkylation sites (tertiary alicyclic amines) is 1. The van der Waals surface area contributed by atoms with Crippen LogP contribution in [-0.4, -0.2) is 51.5 Å². The molecule has 2 fully saturated rings. The third-order valence-electron chi connectivity index (χ3n) is 4.74. The molecule has 0 spiro atoms. The first-order chi connectivity index (χ1) is 10.2. The molecule has 21 heavy (non-hydrogen) atoms. The van der Waals surface area contributed by atoms with Crippen LogP contribution in [0.25, 0.3) is 0 Å². The fraction of sp³-hybridized carbons (Fsp3) is 0.800. The van der Waals surface area contributed by atoms with Gasteiger partial charge in [-0.1, -0.05) is 19.1 Å². The SMILES string of the molecule is CC(C)C1CCCN1C(=O)c1cn(C2CCNCC2)nn1. The average Bonchev–Trinajstić information content (AvgIpc) is 3.17. The van der Waals surface area contributed by atoms with Crippen molar-refractivity contribution in [1.29, 1.82) is 0 Å². The second-order valence-corrected chi connectivity index (χ2v) is 6.52. The monoisotopic (exact) mass is 291 g/mol. The Morgan fingerprint density at radius 3 is 2.81 bits per heavy atom. The first-order valence-electron chi connectivity index (χ1n) is 8.10. The molecule has 0 aromatic carbocycles. The number of amides is 1. The molecular weight excluding hydrogens is 266 g/mol. The molecule has 6 nitrogen and oxygen atoms in total. The van der Waals surface area contributed by atoms with Gasteiger partial charge in [0, 0.05) is 12.6 Å². The summed E-state index contributed by atoms with van der Waals surface area (Å²) in [6, 6.07) is 0.723. The predicted octanol–water partition coefficient (Wildman–Crippen LogP) is 1.46. The number of aromatic nitrogens is 3. The number of carbonyl (C=O) groups is 1. The van der Waals surface area contributed by atoms with Crippen molar-refractivity contribution in [2.75, 3.05) is 19.6 Å². The predicted molar refractivity (Wildman–Crippen MR) is 80.1 cm³/mol. The summed E-state index contributed by atoms with van der Waals surface area (Å²) in [6.07, 6.45) is 6.14. The largest absolute Gasteiger partial charge is 0.334 e. The highest BCUT2D eigenvalue weighted by atomic mass is 16.2. The Bertz CT molecular complexity index is 492. The summed E-state index contributed by atoms with van der Waals surface area (Å²) >= 11 is 0. The van der Waals surface area contributed by atoms with Gasteiger partial charge in [-0.25, -0.2) is 4.68 Å². The van der Waals surface area contributed by atoms with Gasteiger partial charge in [-0.15, -0.1) is 5.10 Å². The van der Waals surface area contributed by atoms with Crippen LogP contribution >= 0.6 is 0 Å². The van der Waals surface area contributed by atoms with Crippen molar-refractivity contribution >= 4 is 5.91 Å². The standard InChI is InChI=1S/C15H25N5O/c1-11(2)14-4-3-9-19(14)15(21)13-10-20(18-17-13)12-5-7-16-8-6-12/h10-12,14,16H,3-9H2,1-2H3. The molecular formula is C15H25N5O. The van der Waals surface area contributed by atoms with E-state index >= 15 is 0 Å². The minimum atomic E-state index is 0.0476. The molecule has 2 saturated heterocycles. The second-order valence-electron chi connectivity index (χ2n) is 6.52. The van der Waals surface area contributed by atoms with Crippen molar-refractivity contribution in [3.8, 4) is 0 Å². The maximum absolute atomic E-state index is 12.7. The minimum Gasteiger partial charge on any atom is -0.334 e. The fourth-order valence-corrected chi connectivity index (χ4v) is 3.51. The van der Waals surface area contributed by atoms with E-state index in [0.29, 0.717) is 23.7 Å². The van der Waals surface area contributed by atoms with Gasteiger partial charge < -0.3 is 10.2 Å². The van der Waals surface area contributed by atoms with E-state index in [-0.39, 0.29) is 5.91 Å². The van der Waals surface area contributed by atoms with Gasteiger partial charge in [0.05, 0.1) is 12.2 Å². The van der Waals surface area contributed by atoms with Gasteiger partial charge in [0.1, 0.15) is 0 Å². The van der Waals surface area contributed by atoms with Crippen molar-refractivity contribution < 1.29 is 4.79 Å². The number of nitrogens with zero attached hydrogens (tertiary/aromatic N) is 4. The van der Waals surface area contributed by atoms with Crippen LogP contribution in [0.5, 0.6) is 0 Å². The topological polar surface area (TPSA) is 63.1 Å². The maximum Gasteiger partial charge on any atom is 0.276 e. The Hall–Kier alpha value is -1.43. The summed E-state index contributed by atoms with van der Waals surface area (Å²) in [6.45, 7) is 7.23. The molecule has 0 radical (unpaired) electrons. The number of hydrogen-bond acceptors (Lipinski definition) is 4. The smallest absolute Gasteiger partial charge is 0.276 e. The summed E-state index contributed by atoms with van der Waals surface area (Å²) < 4.78 is 1.88. The molecule has 1 aromatic rings. The Morgan fingerprint density at radius 1 is 1.33 bits per heavy atom. The van der Waals surface area contributed by atoms with Gasteiger partial charge in [-0.3, -0.25) is 4.79 Å². The van der Waals surface area contributed by atoms with Crippen LogP contribution in [0.1, 0.15) is 56.1 Å². The fourth-order valence-electron chi connectivity index (χ4n) is 3.51. The molecule has 3 rings (SSSR count). The quantitative estimate of drug-likeness (QED) is 0.916. The highest BCUT2D eigenvalue weighted by Gasteiger charge is 2.32. The summed E-state index contributed by atoms with van der Waals surface area (Å²) in [7, 11) is 0. The first-order valence-corrected chi connectivity index (χ1v) is 8.10. The lowest BCUT2D eigenvalue weighted by Gasteiger charge is -2.26. The van der Waals surface area contributed by atoms with Crippen molar-refractivity contribution in [3.63, 3.8) is 0 Å². The summed E-state index contributed by atoms with van der Waals surface area (Å²) in [4.78, 5) is 14.6. The van der Waals surface area contributed by atoms with E-state index < -0.39 is 0 Å². The van der Waals surface area contributed by atoms with E-state index in [1.807, 2.05) is 15.8 Å². The molecule has 1 amide bonds. The zero-order valence-electron chi connectivity index (χ0n) is 13.0. The molecule has 3 heterocycles. The highest BCUT2D eigenvalue weighted by Crippen LogP contribution is 2.25. The highest BCUT2D eigenvalue weighted by molar-refractivity contribution is 5.92. The molecule has 1 atom stereocenters. The van der Waals surface area contributed by atoms with E-state index in [0.717, 1.165) is 45.3 Å². The molecule has 0 aliphatic carbocycles. The van der Waals surface area contributed by atoms with E-state index in [1.165, 1.54) is 0 Å². The second kappa shape index (κ2) is 6.13. The Labute approximate surface area is 125 Å². The van der Waals surface area contributed by atoms with Crippen molar-refractivity contribution in [3.05, 3.63) is 11.9 Å².